The van der Waals surface area contributed by atoms with Gasteiger partial charge < -0.3 is 0 Å². The zero-order chi connectivity index (χ0) is 5.82. The molecule has 0 atom stereocenters. The third-order valence-corrected chi connectivity index (χ3v) is 3.96. The summed E-state index contributed by atoms with van der Waals surface area (Å²) >= 11 is 0. The highest BCUT2D eigenvalue weighted by Gasteiger charge is 2.05. The number of allylic oxidation sites excluding steroid dienone is 1. The second kappa shape index (κ2) is 3.48. The summed E-state index contributed by atoms with van der Waals surface area (Å²) in [4.78, 5) is 0. The molecule has 4 heteroatoms. The lowest BCUT2D eigenvalue weighted by Crippen LogP contribution is -1.79. The summed E-state index contributed by atoms with van der Waals surface area (Å²) < 4.78 is 4.11. The van der Waals surface area contributed by atoms with Gasteiger partial charge in [0.05, 0.1) is 16.0 Å². The topological polar surface area (TPSA) is 12.4 Å². The van der Waals surface area contributed by atoms with Gasteiger partial charge in [-0.2, -0.15) is 0 Å². The molecule has 0 radical (unpaired) electrons. The van der Waals surface area contributed by atoms with E-state index >= 15 is 0 Å². The van der Waals surface area contributed by atoms with Gasteiger partial charge in [-0.25, -0.2) is 4.40 Å². The highest BCUT2D eigenvalue weighted by Crippen LogP contribution is 2.44. The Kier molecular flexibility index (Phi) is 2.86. The Morgan fingerprint density at radius 3 is 3.12 bits per heavy atom. The van der Waals surface area contributed by atoms with Crippen molar-refractivity contribution in [1.29, 1.82) is 0 Å². The molecule has 1 rings (SSSR count). The van der Waals surface area contributed by atoms with E-state index in [1.54, 1.807) is 31.6 Å². The number of hydrogen-bond acceptors (Lipinski definition) is 4. The summed E-state index contributed by atoms with van der Waals surface area (Å²) in [6.07, 6.45) is 2.79. The van der Waals surface area contributed by atoms with Gasteiger partial charge in [-0.3, -0.25) is 0 Å². The van der Waals surface area contributed by atoms with Crippen LogP contribution >= 0.6 is 31.6 Å². The van der Waals surface area contributed by atoms with E-state index < -0.39 is 0 Å². The largest absolute Gasteiger partial charge is 0.201 e. The fourth-order valence-electron chi connectivity index (χ4n) is 0.321. The van der Waals surface area contributed by atoms with E-state index in [2.05, 4.69) is 11.0 Å². The molecule has 0 aromatic rings. The van der Waals surface area contributed by atoms with Crippen molar-refractivity contribution in [1.82, 2.24) is 0 Å². The molecule has 0 spiro atoms. The highest BCUT2D eigenvalue weighted by atomic mass is 33.5. The summed E-state index contributed by atoms with van der Waals surface area (Å²) in [6, 6.07) is 0. The summed E-state index contributed by atoms with van der Waals surface area (Å²) in [5, 5.41) is 1.18. The Balaban J connectivity index is 2.33. The van der Waals surface area contributed by atoms with Gasteiger partial charge in [-0.1, -0.05) is 6.08 Å². The summed E-state index contributed by atoms with van der Waals surface area (Å²) in [5.41, 5.74) is 0. The van der Waals surface area contributed by atoms with Crippen molar-refractivity contribution in [3.63, 3.8) is 0 Å². The maximum absolute atomic E-state index is 4.11. The lowest BCUT2D eigenvalue weighted by atomic mass is 10.5. The van der Waals surface area contributed by atoms with Crippen LogP contribution in [-0.4, -0.2) is 5.04 Å². The minimum atomic E-state index is 0.921. The Morgan fingerprint density at radius 1 is 1.75 bits per heavy atom. The smallest absolute Gasteiger partial charge is 0.0977 e. The van der Waals surface area contributed by atoms with Crippen LogP contribution in [0.25, 0.3) is 0 Å². The number of nitrogens with zero attached hydrogens (tertiary/aromatic N) is 1. The predicted octanol–water partition coefficient (Wildman–Crippen LogP) is 2.92. The van der Waals surface area contributed by atoms with Gasteiger partial charge in [0, 0.05) is 16.2 Å². The molecule has 0 aromatic heterocycles. The van der Waals surface area contributed by atoms with E-state index in [0.29, 0.717) is 0 Å². The first-order valence-corrected chi connectivity index (χ1v) is 5.55. The van der Waals surface area contributed by atoms with E-state index in [1.807, 2.05) is 6.08 Å². The monoisotopic (exact) mass is 163 g/mol. The molecule has 1 aliphatic heterocycles. The molecule has 0 aromatic carbocycles. The van der Waals surface area contributed by atoms with Crippen molar-refractivity contribution in [3.8, 4) is 0 Å². The zero-order valence-electron chi connectivity index (χ0n) is 4.16. The van der Waals surface area contributed by atoms with Crippen LogP contribution in [0.3, 0.4) is 0 Å². The van der Waals surface area contributed by atoms with Gasteiger partial charge in [0.25, 0.3) is 0 Å². The molecule has 8 heavy (non-hydrogen) atoms. The van der Waals surface area contributed by atoms with Crippen LogP contribution in [-0.2, 0) is 0 Å². The fourth-order valence-corrected chi connectivity index (χ4v) is 3.60. The maximum atomic E-state index is 4.11. The lowest BCUT2D eigenvalue weighted by Gasteiger charge is -1.84. The number of hydrogen-bond donors (Lipinski definition) is 0. The Labute approximate surface area is 60.3 Å². The Hall–Kier alpha value is 0.460. The minimum Gasteiger partial charge on any atom is -0.201 e. The number of rotatable bonds is 2. The van der Waals surface area contributed by atoms with Gasteiger partial charge in [-0.05, 0) is 10.8 Å². The molecule has 0 bridgehead atoms. The van der Waals surface area contributed by atoms with E-state index in [9.17, 15) is 0 Å². The SMILES string of the molecule is C=CCC1=NSSS1. The minimum absolute atomic E-state index is 0.921. The second-order valence-corrected chi connectivity index (χ2v) is 4.89. The lowest BCUT2D eigenvalue weighted by molar-refractivity contribution is 1.54. The van der Waals surface area contributed by atoms with Crippen LogP contribution in [0, 0.1) is 0 Å². The first-order valence-electron chi connectivity index (χ1n) is 2.11. The first kappa shape index (κ1) is 6.58. The van der Waals surface area contributed by atoms with Crippen molar-refractivity contribution >= 4 is 36.6 Å². The molecular formula is C4H5NS3. The maximum Gasteiger partial charge on any atom is 0.0977 e. The predicted molar refractivity (Wildman–Crippen MR) is 45.0 cm³/mol. The molecule has 0 amide bonds. The molecule has 0 aliphatic carbocycles. The summed E-state index contributed by atoms with van der Waals surface area (Å²) in [7, 11) is 4.97. The van der Waals surface area contributed by atoms with Crippen LogP contribution in [0.15, 0.2) is 17.1 Å². The average Bonchev–Trinajstić information content (AvgIpc) is 2.19. The third kappa shape index (κ3) is 1.76. The van der Waals surface area contributed by atoms with Gasteiger partial charge >= 0.3 is 0 Å². The molecule has 1 nitrogen and oxygen atoms in total. The van der Waals surface area contributed by atoms with Crippen molar-refractivity contribution in [2.24, 2.45) is 4.40 Å². The van der Waals surface area contributed by atoms with Gasteiger partial charge in [0.1, 0.15) is 0 Å². The molecule has 0 N–H and O–H groups in total. The Bertz CT molecular complexity index is 120. The molecular weight excluding hydrogens is 158 g/mol. The normalized spacial score (nSPS) is 18.2. The Morgan fingerprint density at radius 2 is 2.62 bits per heavy atom. The van der Waals surface area contributed by atoms with Crippen LogP contribution < -0.4 is 0 Å². The van der Waals surface area contributed by atoms with Gasteiger partial charge in [0.2, 0.25) is 0 Å². The van der Waals surface area contributed by atoms with E-state index in [0.717, 1.165) is 6.42 Å². The van der Waals surface area contributed by atoms with E-state index in [-0.39, 0.29) is 0 Å². The molecule has 0 saturated carbocycles. The van der Waals surface area contributed by atoms with Crippen LogP contribution in [0.4, 0.5) is 0 Å². The standard InChI is InChI=1S/C4H5NS3/c1-2-3-4-5-7-8-6-4/h2H,1,3H2. The van der Waals surface area contributed by atoms with Gasteiger partial charge in [0.15, 0.2) is 0 Å². The first-order chi connectivity index (χ1) is 3.93. The van der Waals surface area contributed by atoms with Crippen molar-refractivity contribution < 1.29 is 0 Å². The van der Waals surface area contributed by atoms with E-state index in [4.69, 9.17) is 0 Å². The zero-order valence-corrected chi connectivity index (χ0v) is 6.61. The van der Waals surface area contributed by atoms with Crippen LogP contribution in [0.5, 0.6) is 0 Å². The summed E-state index contributed by atoms with van der Waals surface area (Å²) in [6.45, 7) is 3.61. The van der Waals surface area contributed by atoms with Crippen molar-refractivity contribution in [2.75, 3.05) is 0 Å². The third-order valence-electron chi connectivity index (χ3n) is 0.619. The molecule has 1 heterocycles. The molecule has 1 aliphatic rings. The van der Waals surface area contributed by atoms with Crippen LogP contribution in [0.1, 0.15) is 6.42 Å². The quantitative estimate of drug-likeness (QED) is 0.353. The molecule has 0 fully saturated rings. The van der Waals surface area contributed by atoms with E-state index in [1.165, 1.54) is 5.04 Å². The van der Waals surface area contributed by atoms with Crippen molar-refractivity contribution in [2.45, 2.75) is 6.42 Å². The molecule has 0 saturated heterocycles. The fraction of sp³-hybridized carbons (Fsp3) is 0.250. The van der Waals surface area contributed by atoms with Crippen LogP contribution in [0.2, 0.25) is 0 Å². The summed E-state index contributed by atoms with van der Waals surface area (Å²) in [5.74, 6) is 0. The highest BCUT2D eigenvalue weighted by molar-refractivity contribution is 9.13. The van der Waals surface area contributed by atoms with Gasteiger partial charge in [-0.15, -0.1) is 6.58 Å². The average molecular weight is 163 g/mol. The molecule has 0 unspecified atom stereocenters. The molecule has 44 valence electrons. The van der Waals surface area contributed by atoms with Crippen molar-refractivity contribution in [3.05, 3.63) is 12.7 Å². The second-order valence-electron chi connectivity index (χ2n) is 1.20.